The minimum Gasteiger partial charge on any atom is -0.325 e. The molecule has 1 unspecified atom stereocenters. The number of rotatable bonds is 6. The van der Waals surface area contributed by atoms with E-state index in [1.165, 1.54) is 11.8 Å². The maximum atomic E-state index is 12.5. The highest BCUT2D eigenvalue weighted by molar-refractivity contribution is 8.00. The Morgan fingerprint density at radius 2 is 2.00 bits per heavy atom. The summed E-state index contributed by atoms with van der Waals surface area (Å²) in [5.74, 6) is 0.696. The standard InChI is InChI=1S/C19H21N5OS/c1-4-24-17(15-6-5-11-20-12-15)22-23-19(24)26-14(3)18(25)21-16-9-7-13(2)8-10-16/h5-12,14H,4H2,1-3H3,(H,21,25). The molecule has 0 aliphatic heterocycles. The maximum absolute atomic E-state index is 12.5. The van der Waals surface area contributed by atoms with Crippen LogP contribution in [-0.4, -0.2) is 30.9 Å². The van der Waals surface area contributed by atoms with Crippen molar-refractivity contribution in [3.8, 4) is 11.4 Å². The van der Waals surface area contributed by atoms with Crippen LogP contribution in [-0.2, 0) is 11.3 Å². The number of amides is 1. The first-order valence-corrected chi connectivity index (χ1v) is 9.34. The summed E-state index contributed by atoms with van der Waals surface area (Å²) >= 11 is 1.40. The molecule has 3 rings (SSSR count). The van der Waals surface area contributed by atoms with E-state index in [9.17, 15) is 4.79 Å². The molecule has 1 amide bonds. The Balaban J connectivity index is 1.73. The quantitative estimate of drug-likeness (QED) is 0.671. The molecule has 2 aromatic heterocycles. The zero-order valence-electron chi connectivity index (χ0n) is 15.0. The average Bonchev–Trinajstić information content (AvgIpc) is 3.06. The Bertz CT molecular complexity index is 877. The summed E-state index contributed by atoms with van der Waals surface area (Å²) in [6.45, 7) is 6.63. The van der Waals surface area contributed by atoms with Crippen LogP contribution in [0.5, 0.6) is 0 Å². The van der Waals surface area contributed by atoms with Gasteiger partial charge in [0.15, 0.2) is 11.0 Å². The van der Waals surface area contributed by atoms with Crippen LogP contribution in [0.15, 0.2) is 53.9 Å². The summed E-state index contributed by atoms with van der Waals surface area (Å²) in [6.07, 6.45) is 3.49. The summed E-state index contributed by atoms with van der Waals surface area (Å²) in [4.78, 5) is 16.6. The lowest BCUT2D eigenvalue weighted by Gasteiger charge is -2.13. The molecule has 0 saturated heterocycles. The zero-order valence-corrected chi connectivity index (χ0v) is 15.8. The van der Waals surface area contributed by atoms with Crippen molar-refractivity contribution in [3.63, 3.8) is 0 Å². The second kappa shape index (κ2) is 8.14. The smallest absolute Gasteiger partial charge is 0.237 e. The summed E-state index contributed by atoms with van der Waals surface area (Å²) in [5, 5.41) is 11.9. The van der Waals surface area contributed by atoms with Crippen LogP contribution in [0.3, 0.4) is 0 Å². The minimum atomic E-state index is -0.299. The number of hydrogen-bond donors (Lipinski definition) is 1. The topological polar surface area (TPSA) is 72.7 Å². The van der Waals surface area contributed by atoms with Gasteiger partial charge < -0.3 is 9.88 Å². The fourth-order valence-electron chi connectivity index (χ4n) is 2.46. The first-order chi connectivity index (χ1) is 12.6. The molecule has 0 saturated carbocycles. The van der Waals surface area contributed by atoms with Gasteiger partial charge in [0.1, 0.15) is 0 Å². The van der Waals surface area contributed by atoms with Gasteiger partial charge in [0.2, 0.25) is 5.91 Å². The monoisotopic (exact) mass is 367 g/mol. The summed E-state index contributed by atoms with van der Waals surface area (Å²) in [7, 11) is 0. The predicted octanol–water partition coefficient (Wildman–Crippen LogP) is 3.79. The number of nitrogens with one attached hydrogen (secondary N) is 1. The van der Waals surface area contributed by atoms with Crippen LogP contribution in [0.2, 0.25) is 0 Å². The molecule has 0 spiro atoms. The van der Waals surface area contributed by atoms with Crippen molar-refractivity contribution in [2.45, 2.75) is 37.7 Å². The molecule has 0 radical (unpaired) electrons. The highest BCUT2D eigenvalue weighted by atomic mass is 32.2. The summed E-state index contributed by atoms with van der Waals surface area (Å²) in [5.41, 5.74) is 2.86. The molecule has 26 heavy (non-hydrogen) atoms. The average molecular weight is 367 g/mol. The molecule has 3 aromatic rings. The third kappa shape index (κ3) is 4.11. The number of pyridine rings is 1. The van der Waals surface area contributed by atoms with Crippen LogP contribution in [0.4, 0.5) is 5.69 Å². The second-order valence-electron chi connectivity index (χ2n) is 5.91. The number of thioether (sulfide) groups is 1. The van der Waals surface area contributed by atoms with Crippen molar-refractivity contribution in [2.24, 2.45) is 0 Å². The molecule has 1 aromatic carbocycles. The van der Waals surface area contributed by atoms with Crippen molar-refractivity contribution in [1.29, 1.82) is 0 Å². The Labute approximate surface area is 157 Å². The Morgan fingerprint density at radius 3 is 2.65 bits per heavy atom. The van der Waals surface area contributed by atoms with E-state index in [-0.39, 0.29) is 11.2 Å². The molecule has 2 heterocycles. The molecular formula is C19H21N5OS. The van der Waals surface area contributed by atoms with E-state index < -0.39 is 0 Å². The fourth-order valence-corrected chi connectivity index (χ4v) is 3.37. The van der Waals surface area contributed by atoms with Crippen LogP contribution < -0.4 is 5.32 Å². The molecule has 1 atom stereocenters. The largest absolute Gasteiger partial charge is 0.325 e. The number of carbonyl (C=O) groups is 1. The molecule has 0 bridgehead atoms. The predicted molar refractivity (Wildman–Crippen MR) is 104 cm³/mol. The van der Waals surface area contributed by atoms with Gasteiger partial charge in [0.05, 0.1) is 5.25 Å². The Hall–Kier alpha value is -2.67. The maximum Gasteiger partial charge on any atom is 0.237 e. The van der Waals surface area contributed by atoms with Gasteiger partial charge in [-0.25, -0.2) is 0 Å². The van der Waals surface area contributed by atoms with Gasteiger partial charge in [-0.15, -0.1) is 10.2 Å². The molecule has 6 nitrogen and oxygen atoms in total. The first-order valence-electron chi connectivity index (χ1n) is 8.46. The number of aryl methyl sites for hydroxylation is 1. The van der Waals surface area contributed by atoms with Crippen LogP contribution in [0.25, 0.3) is 11.4 Å². The summed E-state index contributed by atoms with van der Waals surface area (Å²) < 4.78 is 2.00. The number of benzene rings is 1. The SMILES string of the molecule is CCn1c(SC(C)C(=O)Nc2ccc(C)cc2)nnc1-c1cccnc1. The highest BCUT2D eigenvalue weighted by Gasteiger charge is 2.20. The van der Waals surface area contributed by atoms with Gasteiger partial charge in [0.25, 0.3) is 0 Å². The van der Waals surface area contributed by atoms with Gasteiger partial charge in [-0.05, 0) is 45.0 Å². The van der Waals surface area contributed by atoms with E-state index in [1.807, 2.05) is 61.7 Å². The van der Waals surface area contributed by atoms with Crippen molar-refractivity contribution in [1.82, 2.24) is 19.7 Å². The van der Waals surface area contributed by atoms with E-state index in [4.69, 9.17) is 0 Å². The van der Waals surface area contributed by atoms with Crippen LogP contribution in [0.1, 0.15) is 19.4 Å². The lowest BCUT2D eigenvalue weighted by atomic mass is 10.2. The number of aromatic nitrogens is 4. The first kappa shape index (κ1) is 18.1. The van der Waals surface area contributed by atoms with Gasteiger partial charge >= 0.3 is 0 Å². The van der Waals surface area contributed by atoms with E-state index in [0.29, 0.717) is 6.54 Å². The lowest BCUT2D eigenvalue weighted by Crippen LogP contribution is -2.22. The molecule has 0 aliphatic carbocycles. The van der Waals surface area contributed by atoms with Gasteiger partial charge in [-0.2, -0.15) is 0 Å². The van der Waals surface area contributed by atoms with Gasteiger partial charge in [-0.3, -0.25) is 9.78 Å². The number of nitrogens with zero attached hydrogens (tertiary/aromatic N) is 4. The second-order valence-corrected chi connectivity index (χ2v) is 7.22. The van der Waals surface area contributed by atoms with E-state index in [0.717, 1.165) is 27.8 Å². The fraction of sp³-hybridized carbons (Fsp3) is 0.263. The van der Waals surface area contributed by atoms with Gasteiger partial charge in [-0.1, -0.05) is 29.5 Å². The van der Waals surface area contributed by atoms with Crippen molar-refractivity contribution >= 4 is 23.4 Å². The normalized spacial score (nSPS) is 12.0. The van der Waals surface area contributed by atoms with Crippen molar-refractivity contribution in [3.05, 3.63) is 54.4 Å². The number of carbonyl (C=O) groups excluding carboxylic acids is 1. The van der Waals surface area contributed by atoms with E-state index in [1.54, 1.807) is 12.4 Å². The molecule has 0 aliphatic rings. The van der Waals surface area contributed by atoms with E-state index in [2.05, 4.69) is 20.5 Å². The van der Waals surface area contributed by atoms with E-state index >= 15 is 0 Å². The highest BCUT2D eigenvalue weighted by Crippen LogP contribution is 2.27. The molecule has 7 heteroatoms. The molecular weight excluding hydrogens is 346 g/mol. The Kier molecular flexibility index (Phi) is 5.68. The molecule has 1 N–H and O–H groups in total. The zero-order chi connectivity index (χ0) is 18.5. The van der Waals surface area contributed by atoms with Crippen LogP contribution in [0, 0.1) is 6.92 Å². The summed E-state index contributed by atoms with van der Waals surface area (Å²) in [6, 6.07) is 11.6. The minimum absolute atomic E-state index is 0.0626. The van der Waals surface area contributed by atoms with Crippen LogP contribution >= 0.6 is 11.8 Å². The van der Waals surface area contributed by atoms with Gasteiger partial charge in [0, 0.05) is 30.2 Å². The van der Waals surface area contributed by atoms with Crippen molar-refractivity contribution < 1.29 is 4.79 Å². The molecule has 134 valence electrons. The van der Waals surface area contributed by atoms with Crippen molar-refractivity contribution in [2.75, 3.05) is 5.32 Å². The lowest BCUT2D eigenvalue weighted by molar-refractivity contribution is -0.115. The third-order valence-corrected chi connectivity index (χ3v) is 5.00. The Morgan fingerprint density at radius 1 is 1.23 bits per heavy atom. The number of anilines is 1. The molecule has 0 fully saturated rings. The number of hydrogen-bond acceptors (Lipinski definition) is 5. The third-order valence-electron chi connectivity index (χ3n) is 3.92.